The number of methoxy groups -OCH3 is 3. The molecule has 9 heteroatoms. The summed E-state index contributed by atoms with van der Waals surface area (Å²) < 4.78 is 18.1. The van der Waals surface area contributed by atoms with Crippen LogP contribution in [0.4, 0.5) is 5.95 Å². The minimum atomic E-state index is -0.459. The Labute approximate surface area is 190 Å². The Morgan fingerprint density at radius 2 is 1.79 bits per heavy atom. The fourth-order valence-electron chi connectivity index (χ4n) is 4.73. The molecule has 0 saturated heterocycles. The quantitative estimate of drug-likeness (QED) is 0.611. The number of allylic oxidation sites excluding steroid dienone is 2. The molecule has 2 aliphatic rings. The summed E-state index contributed by atoms with van der Waals surface area (Å²) in [5.74, 6) is 2.22. The highest BCUT2D eigenvalue weighted by Crippen LogP contribution is 2.47. The number of hydrogen-bond acceptors (Lipinski definition) is 8. The molecule has 2 heterocycles. The molecular weight excluding hydrogens is 424 g/mol. The number of hydrogen-bond donors (Lipinski definition) is 2. The van der Waals surface area contributed by atoms with Gasteiger partial charge in [0.05, 0.1) is 21.3 Å². The van der Waals surface area contributed by atoms with Crippen LogP contribution in [-0.2, 0) is 4.79 Å². The van der Waals surface area contributed by atoms with Gasteiger partial charge in [0.2, 0.25) is 11.7 Å². The highest BCUT2D eigenvalue weighted by atomic mass is 16.5. The average Bonchev–Trinajstić information content (AvgIpc) is 3.29. The predicted octanol–water partition coefficient (Wildman–Crippen LogP) is 3.43. The maximum Gasteiger partial charge on any atom is 0.226 e. The number of aromatic hydroxyl groups is 1. The zero-order chi connectivity index (χ0) is 23.1. The van der Waals surface area contributed by atoms with Crippen LogP contribution < -0.4 is 19.5 Å². The van der Waals surface area contributed by atoms with E-state index in [0.29, 0.717) is 41.6 Å². The standard InChI is InChI=1S/C24H24N4O5/c1-31-19-10-15(11-20(32-2)23(19)33-3)14-8-17-21(18(30)9-14)22(13-5-4-6-16(29)7-13)28-24(27-17)25-12-26-28/h4-7,10-12,14,22,29H,8-9H2,1-3H3,(H,25,26,27)/t14-,22+/m0/s1. The molecule has 2 N–H and O–H groups in total. The first-order chi connectivity index (χ1) is 16.0. The molecule has 1 aliphatic heterocycles. The number of nitrogens with zero attached hydrogens (tertiary/aromatic N) is 3. The third-order valence-electron chi connectivity index (χ3n) is 6.21. The van der Waals surface area contributed by atoms with Gasteiger partial charge in [0.15, 0.2) is 17.3 Å². The Bertz CT molecular complexity index is 1240. The molecular formula is C24H24N4O5. The molecule has 0 radical (unpaired) electrons. The average molecular weight is 448 g/mol. The lowest BCUT2D eigenvalue weighted by Crippen LogP contribution is -2.33. The first-order valence-corrected chi connectivity index (χ1v) is 10.6. The van der Waals surface area contributed by atoms with Gasteiger partial charge in [-0.1, -0.05) is 12.1 Å². The van der Waals surface area contributed by atoms with Crippen LogP contribution >= 0.6 is 0 Å². The van der Waals surface area contributed by atoms with Crippen LogP contribution in [0.3, 0.4) is 0 Å². The van der Waals surface area contributed by atoms with Gasteiger partial charge in [-0.05, 0) is 47.7 Å². The van der Waals surface area contributed by atoms with E-state index in [9.17, 15) is 9.90 Å². The maximum absolute atomic E-state index is 13.5. The summed E-state index contributed by atoms with van der Waals surface area (Å²) in [4.78, 5) is 17.9. The van der Waals surface area contributed by atoms with Crippen molar-refractivity contribution < 1.29 is 24.1 Å². The van der Waals surface area contributed by atoms with Crippen molar-refractivity contribution in [2.45, 2.75) is 24.8 Å². The topological polar surface area (TPSA) is 108 Å². The number of nitrogens with one attached hydrogen (secondary N) is 1. The van der Waals surface area contributed by atoms with Crippen molar-refractivity contribution in [1.29, 1.82) is 0 Å². The first kappa shape index (κ1) is 20.9. The number of phenolic OH excluding ortho intramolecular Hbond substituents is 1. The van der Waals surface area contributed by atoms with E-state index < -0.39 is 6.04 Å². The van der Waals surface area contributed by atoms with E-state index in [2.05, 4.69) is 15.4 Å². The fraction of sp³-hybridized carbons (Fsp3) is 0.292. The van der Waals surface area contributed by atoms with Crippen LogP contribution in [0, 0.1) is 0 Å². The van der Waals surface area contributed by atoms with Crippen LogP contribution in [0.2, 0.25) is 0 Å². The van der Waals surface area contributed by atoms with Crippen molar-refractivity contribution in [2.75, 3.05) is 26.6 Å². The van der Waals surface area contributed by atoms with Crippen LogP contribution in [0.15, 0.2) is 54.0 Å². The predicted molar refractivity (Wildman–Crippen MR) is 120 cm³/mol. The molecule has 33 heavy (non-hydrogen) atoms. The zero-order valence-corrected chi connectivity index (χ0v) is 18.5. The molecule has 3 aromatic rings. The van der Waals surface area contributed by atoms with Gasteiger partial charge in [-0.2, -0.15) is 10.1 Å². The molecule has 5 rings (SSSR count). The number of ketones is 1. The van der Waals surface area contributed by atoms with E-state index in [-0.39, 0.29) is 17.5 Å². The second-order valence-corrected chi connectivity index (χ2v) is 8.03. The lowest BCUT2D eigenvalue weighted by atomic mass is 9.77. The fourth-order valence-corrected chi connectivity index (χ4v) is 4.73. The second-order valence-electron chi connectivity index (χ2n) is 8.03. The molecule has 2 atom stereocenters. The van der Waals surface area contributed by atoms with E-state index in [1.165, 1.54) is 6.33 Å². The Balaban J connectivity index is 1.58. The molecule has 0 saturated carbocycles. The number of fused-ring (bicyclic) bond motifs is 1. The van der Waals surface area contributed by atoms with Gasteiger partial charge in [-0.15, -0.1) is 0 Å². The van der Waals surface area contributed by atoms with Crippen molar-refractivity contribution in [3.63, 3.8) is 0 Å². The molecule has 0 spiro atoms. The molecule has 1 aromatic heterocycles. The summed E-state index contributed by atoms with van der Waals surface area (Å²) in [7, 11) is 4.71. The number of aromatic nitrogens is 3. The lowest BCUT2D eigenvalue weighted by Gasteiger charge is -2.35. The SMILES string of the molecule is COc1cc([C@@H]2CC(=O)C3=C(C2)Nc2ncnn2[C@@H]3c2cccc(O)c2)cc(OC)c1OC. The van der Waals surface area contributed by atoms with Gasteiger partial charge in [-0.25, -0.2) is 4.68 Å². The smallest absolute Gasteiger partial charge is 0.226 e. The van der Waals surface area contributed by atoms with E-state index in [1.54, 1.807) is 44.2 Å². The minimum Gasteiger partial charge on any atom is -0.508 e. The molecule has 0 bridgehead atoms. The van der Waals surface area contributed by atoms with Gasteiger partial charge in [0, 0.05) is 17.7 Å². The number of rotatable bonds is 5. The Kier molecular flexibility index (Phi) is 5.16. The van der Waals surface area contributed by atoms with Crippen molar-refractivity contribution in [3.8, 4) is 23.0 Å². The number of Topliss-reactive ketones (excluding diaryl/α,β-unsaturated/α-hetero) is 1. The van der Waals surface area contributed by atoms with Crippen LogP contribution in [0.5, 0.6) is 23.0 Å². The summed E-state index contributed by atoms with van der Waals surface area (Å²) in [6, 6.07) is 10.2. The highest BCUT2D eigenvalue weighted by molar-refractivity contribution is 6.00. The molecule has 0 unspecified atom stereocenters. The summed E-state index contributed by atoms with van der Waals surface area (Å²) in [6.07, 6.45) is 2.37. The van der Waals surface area contributed by atoms with Crippen molar-refractivity contribution in [1.82, 2.24) is 14.8 Å². The van der Waals surface area contributed by atoms with Crippen LogP contribution in [0.1, 0.15) is 35.9 Å². The summed E-state index contributed by atoms with van der Waals surface area (Å²) in [5, 5.41) is 17.7. The molecule has 9 nitrogen and oxygen atoms in total. The van der Waals surface area contributed by atoms with Gasteiger partial charge in [-0.3, -0.25) is 4.79 Å². The normalized spacial score (nSPS) is 19.4. The molecule has 0 fully saturated rings. The Morgan fingerprint density at radius 3 is 2.45 bits per heavy atom. The maximum atomic E-state index is 13.5. The van der Waals surface area contributed by atoms with Gasteiger partial charge >= 0.3 is 0 Å². The molecule has 0 amide bonds. The summed E-state index contributed by atoms with van der Waals surface area (Å²) in [5.41, 5.74) is 3.14. The summed E-state index contributed by atoms with van der Waals surface area (Å²) in [6.45, 7) is 0. The number of carbonyl (C=O) groups excluding carboxylic acids is 1. The molecule has 170 valence electrons. The largest absolute Gasteiger partial charge is 0.508 e. The Hall–Kier alpha value is -4.01. The third kappa shape index (κ3) is 3.45. The minimum absolute atomic E-state index is 0.0111. The van der Waals surface area contributed by atoms with Crippen molar-refractivity contribution in [3.05, 3.63) is 65.1 Å². The van der Waals surface area contributed by atoms with Crippen LogP contribution in [-0.4, -0.2) is 47.0 Å². The Morgan fingerprint density at radius 1 is 1.03 bits per heavy atom. The van der Waals surface area contributed by atoms with E-state index >= 15 is 0 Å². The number of anilines is 1. The lowest BCUT2D eigenvalue weighted by molar-refractivity contribution is -0.116. The van der Waals surface area contributed by atoms with Crippen molar-refractivity contribution in [2.24, 2.45) is 0 Å². The van der Waals surface area contributed by atoms with E-state index in [0.717, 1.165) is 16.8 Å². The first-order valence-electron chi connectivity index (χ1n) is 10.6. The number of benzene rings is 2. The van der Waals surface area contributed by atoms with Crippen molar-refractivity contribution >= 4 is 11.7 Å². The van der Waals surface area contributed by atoms with E-state index in [1.807, 2.05) is 18.2 Å². The number of ether oxygens (including phenoxy) is 3. The van der Waals surface area contributed by atoms with Gasteiger partial charge in [0.1, 0.15) is 18.1 Å². The zero-order valence-electron chi connectivity index (χ0n) is 18.5. The molecule has 2 aromatic carbocycles. The van der Waals surface area contributed by atoms with Gasteiger partial charge in [0.25, 0.3) is 0 Å². The highest BCUT2D eigenvalue weighted by Gasteiger charge is 2.39. The van der Waals surface area contributed by atoms with Crippen LogP contribution in [0.25, 0.3) is 0 Å². The number of phenols is 1. The monoisotopic (exact) mass is 448 g/mol. The number of carbonyl (C=O) groups is 1. The van der Waals surface area contributed by atoms with E-state index in [4.69, 9.17) is 14.2 Å². The summed E-state index contributed by atoms with van der Waals surface area (Å²) >= 11 is 0. The third-order valence-corrected chi connectivity index (χ3v) is 6.21. The van der Waals surface area contributed by atoms with Gasteiger partial charge < -0.3 is 24.6 Å². The second kappa shape index (κ2) is 8.16. The molecule has 1 aliphatic carbocycles.